The Bertz CT molecular complexity index is 1130. The van der Waals surface area contributed by atoms with E-state index in [4.69, 9.17) is 4.98 Å². The van der Waals surface area contributed by atoms with Crippen molar-refractivity contribution in [3.63, 3.8) is 0 Å². The maximum atomic E-state index is 13.0. The van der Waals surface area contributed by atoms with E-state index in [1.54, 1.807) is 18.6 Å². The molecule has 0 unspecified atom stereocenters. The Kier molecular flexibility index (Phi) is 6.28. The number of amides is 1. The molecule has 31 heavy (non-hydrogen) atoms. The summed E-state index contributed by atoms with van der Waals surface area (Å²) in [4.78, 5) is 28.3. The SMILES string of the molecule is CN(Cc1ccccc1)c1nc(-c2ccccc2)ncc1C(=O)NCc1cccnc1. The first kappa shape index (κ1) is 20.2. The van der Waals surface area contributed by atoms with Crippen molar-refractivity contribution in [2.45, 2.75) is 13.1 Å². The van der Waals surface area contributed by atoms with Crippen LogP contribution in [0.1, 0.15) is 21.5 Å². The topological polar surface area (TPSA) is 71.0 Å². The van der Waals surface area contributed by atoms with Gasteiger partial charge in [-0.3, -0.25) is 9.78 Å². The maximum Gasteiger partial charge on any atom is 0.256 e. The van der Waals surface area contributed by atoms with Gasteiger partial charge in [-0.05, 0) is 17.2 Å². The van der Waals surface area contributed by atoms with Gasteiger partial charge in [0.1, 0.15) is 11.4 Å². The van der Waals surface area contributed by atoms with Crippen LogP contribution in [-0.4, -0.2) is 27.9 Å². The molecule has 0 saturated heterocycles. The van der Waals surface area contributed by atoms with Crippen molar-refractivity contribution in [1.82, 2.24) is 20.3 Å². The van der Waals surface area contributed by atoms with Crippen molar-refractivity contribution >= 4 is 11.7 Å². The van der Waals surface area contributed by atoms with Gasteiger partial charge in [-0.1, -0.05) is 66.7 Å². The van der Waals surface area contributed by atoms with Gasteiger partial charge >= 0.3 is 0 Å². The van der Waals surface area contributed by atoms with E-state index < -0.39 is 0 Å². The zero-order valence-electron chi connectivity index (χ0n) is 17.3. The Labute approximate surface area is 181 Å². The summed E-state index contributed by atoms with van der Waals surface area (Å²) >= 11 is 0. The molecule has 0 aliphatic carbocycles. The summed E-state index contributed by atoms with van der Waals surface area (Å²) in [6.07, 6.45) is 5.04. The summed E-state index contributed by atoms with van der Waals surface area (Å²) in [6.45, 7) is 1.00. The zero-order chi connectivity index (χ0) is 21.5. The van der Waals surface area contributed by atoms with Crippen LogP contribution in [0.3, 0.4) is 0 Å². The molecule has 4 rings (SSSR count). The molecule has 6 heteroatoms. The van der Waals surface area contributed by atoms with E-state index in [0.29, 0.717) is 30.3 Å². The number of carbonyl (C=O) groups is 1. The summed E-state index contributed by atoms with van der Waals surface area (Å²) in [5.74, 6) is 0.944. The van der Waals surface area contributed by atoms with E-state index in [9.17, 15) is 4.79 Å². The number of pyridine rings is 1. The first-order valence-electron chi connectivity index (χ1n) is 10.1. The van der Waals surface area contributed by atoms with Gasteiger partial charge in [0.2, 0.25) is 0 Å². The third kappa shape index (κ3) is 5.11. The predicted octanol–water partition coefficient (Wildman–Crippen LogP) is 4.11. The van der Waals surface area contributed by atoms with E-state index in [2.05, 4.69) is 27.4 Å². The maximum absolute atomic E-state index is 13.0. The summed E-state index contributed by atoms with van der Waals surface area (Å²) in [5, 5.41) is 2.95. The van der Waals surface area contributed by atoms with E-state index >= 15 is 0 Å². The molecule has 0 aliphatic heterocycles. The van der Waals surface area contributed by atoms with E-state index in [0.717, 1.165) is 16.7 Å². The second kappa shape index (κ2) is 9.63. The quantitative estimate of drug-likeness (QED) is 0.497. The monoisotopic (exact) mass is 409 g/mol. The molecule has 0 spiro atoms. The number of rotatable bonds is 7. The first-order chi connectivity index (χ1) is 15.2. The molecule has 0 aliphatic rings. The molecule has 1 N–H and O–H groups in total. The summed E-state index contributed by atoms with van der Waals surface area (Å²) in [6, 6.07) is 23.6. The van der Waals surface area contributed by atoms with Crippen molar-refractivity contribution in [1.29, 1.82) is 0 Å². The third-order valence-electron chi connectivity index (χ3n) is 4.85. The van der Waals surface area contributed by atoms with Gasteiger partial charge in [0.15, 0.2) is 5.82 Å². The first-order valence-corrected chi connectivity index (χ1v) is 10.1. The summed E-state index contributed by atoms with van der Waals surface area (Å²) in [7, 11) is 1.93. The minimum Gasteiger partial charge on any atom is -0.355 e. The summed E-state index contributed by atoms with van der Waals surface area (Å²) in [5.41, 5.74) is 3.39. The highest BCUT2D eigenvalue weighted by atomic mass is 16.1. The second-order valence-corrected chi connectivity index (χ2v) is 7.18. The van der Waals surface area contributed by atoms with Crippen LogP contribution in [0.15, 0.2) is 91.4 Å². The van der Waals surface area contributed by atoms with Gasteiger partial charge in [-0.2, -0.15) is 0 Å². The third-order valence-corrected chi connectivity index (χ3v) is 4.85. The zero-order valence-corrected chi connectivity index (χ0v) is 17.3. The van der Waals surface area contributed by atoms with E-state index in [-0.39, 0.29) is 5.91 Å². The highest BCUT2D eigenvalue weighted by Gasteiger charge is 2.19. The number of hydrogen-bond donors (Lipinski definition) is 1. The standard InChI is InChI=1S/C25H23N5O/c1-30(18-19-9-4-2-5-10-19)24-22(25(31)28-16-20-11-8-14-26-15-20)17-27-23(29-24)21-12-6-3-7-13-21/h2-15,17H,16,18H2,1H3,(H,28,31). The molecular formula is C25H23N5O. The molecule has 2 aromatic heterocycles. The average Bonchev–Trinajstić information content (AvgIpc) is 2.84. The Morgan fingerprint density at radius 3 is 2.32 bits per heavy atom. The van der Waals surface area contributed by atoms with Crippen molar-refractivity contribution < 1.29 is 4.79 Å². The lowest BCUT2D eigenvalue weighted by atomic mass is 10.1. The fourth-order valence-electron chi connectivity index (χ4n) is 3.26. The molecule has 6 nitrogen and oxygen atoms in total. The van der Waals surface area contributed by atoms with E-state index in [1.807, 2.05) is 72.6 Å². The molecule has 4 aromatic rings. The van der Waals surface area contributed by atoms with Gasteiger partial charge in [0, 0.05) is 44.3 Å². The van der Waals surface area contributed by atoms with Crippen LogP contribution in [-0.2, 0) is 13.1 Å². The Morgan fingerprint density at radius 2 is 1.61 bits per heavy atom. The van der Waals surface area contributed by atoms with Crippen LogP contribution in [0.4, 0.5) is 5.82 Å². The number of carbonyl (C=O) groups excluding carboxylic acids is 1. The molecule has 0 atom stereocenters. The van der Waals surface area contributed by atoms with Crippen molar-refractivity contribution in [3.05, 3.63) is 108 Å². The molecule has 2 aromatic carbocycles. The van der Waals surface area contributed by atoms with Crippen molar-refractivity contribution in [3.8, 4) is 11.4 Å². The minimum atomic E-state index is -0.224. The lowest BCUT2D eigenvalue weighted by Gasteiger charge is -2.21. The van der Waals surface area contributed by atoms with Crippen LogP contribution in [0.25, 0.3) is 11.4 Å². The lowest BCUT2D eigenvalue weighted by molar-refractivity contribution is 0.0950. The number of nitrogens with one attached hydrogen (secondary N) is 1. The Hall–Kier alpha value is -4.06. The molecular weight excluding hydrogens is 386 g/mol. The number of aromatic nitrogens is 3. The molecule has 0 saturated carbocycles. The number of hydrogen-bond acceptors (Lipinski definition) is 5. The van der Waals surface area contributed by atoms with Crippen LogP contribution < -0.4 is 10.2 Å². The van der Waals surface area contributed by atoms with Crippen LogP contribution in [0.2, 0.25) is 0 Å². The number of nitrogens with zero attached hydrogens (tertiary/aromatic N) is 4. The highest BCUT2D eigenvalue weighted by molar-refractivity contribution is 5.98. The molecule has 1 amide bonds. The van der Waals surface area contributed by atoms with Crippen LogP contribution in [0.5, 0.6) is 0 Å². The van der Waals surface area contributed by atoms with Crippen molar-refractivity contribution in [2.75, 3.05) is 11.9 Å². The smallest absolute Gasteiger partial charge is 0.256 e. The Balaban J connectivity index is 1.63. The predicted molar refractivity (Wildman–Crippen MR) is 121 cm³/mol. The molecule has 2 heterocycles. The Morgan fingerprint density at radius 1 is 0.903 bits per heavy atom. The fraction of sp³-hybridized carbons (Fsp3) is 0.120. The number of anilines is 1. The van der Waals surface area contributed by atoms with Gasteiger partial charge in [0.05, 0.1) is 0 Å². The molecule has 0 radical (unpaired) electrons. The second-order valence-electron chi connectivity index (χ2n) is 7.18. The largest absolute Gasteiger partial charge is 0.355 e. The molecule has 0 bridgehead atoms. The normalized spacial score (nSPS) is 10.5. The van der Waals surface area contributed by atoms with Gasteiger partial charge in [-0.15, -0.1) is 0 Å². The fourth-order valence-corrected chi connectivity index (χ4v) is 3.26. The van der Waals surface area contributed by atoms with E-state index in [1.165, 1.54) is 0 Å². The van der Waals surface area contributed by atoms with Crippen LogP contribution in [0, 0.1) is 0 Å². The van der Waals surface area contributed by atoms with Gasteiger partial charge in [-0.25, -0.2) is 9.97 Å². The molecule has 154 valence electrons. The number of benzene rings is 2. The van der Waals surface area contributed by atoms with Crippen molar-refractivity contribution in [2.24, 2.45) is 0 Å². The minimum absolute atomic E-state index is 0.224. The van der Waals surface area contributed by atoms with Crippen LogP contribution >= 0.6 is 0 Å². The molecule has 0 fully saturated rings. The summed E-state index contributed by atoms with van der Waals surface area (Å²) < 4.78 is 0. The van der Waals surface area contributed by atoms with Gasteiger partial charge in [0.25, 0.3) is 5.91 Å². The van der Waals surface area contributed by atoms with Gasteiger partial charge < -0.3 is 10.2 Å². The lowest BCUT2D eigenvalue weighted by Crippen LogP contribution is -2.28. The average molecular weight is 409 g/mol. The highest BCUT2D eigenvalue weighted by Crippen LogP contribution is 2.23.